The molecule has 0 bridgehead atoms. The zero-order valence-corrected chi connectivity index (χ0v) is 26.2. The standard InChI is InChI=1S/C34H46N8S/c1(18-41-20-14-35-15-21-41)12-37-25-27-3-7-29(8-4-27)32-31-11-24-43-34(31)40-33(39-32)30-9-5-28(6-10-30)26-38-13-2-19-42-22-16-36-17-23-42/h3-10,25,35-36,38H,1-2,11-24,26H2. The summed E-state index contributed by atoms with van der Waals surface area (Å²) in [6, 6.07) is 17.5. The zero-order chi connectivity index (χ0) is 29.1. The van der Waals surface area contributed by atoms with Gasteiger partial charge in [-0.25, -0.2) is 9.97 Å². The Bertz CT molecular complexity index is 1320. The molecule has 9 heteroatoms. The number of hydrogen-bond acceptors (Lipinski definition) is 9. The first kappa shape index (κ1) is 30.4. The second-order valence-corrected chi connectivity index (χ2v) is 12.8. The molecule has 3 aromatic rings. The lowest BCUT2D eigenvalue weighted by molar-refractivity contribution is 0.237. The average molecular weight is 599 g/mol. The lowest BCUT2D eigenvalue weighted by atomic mass is 10.0. The van der Waals surface area contributed by atoms with Crippen molar-refractivity contribution in [1.29, 1.82) is 0 Å². The van der Waals surface area contributed by atoms with Crippen molar-refractivity contribution in [2.45, 2.75) is 30.8 Å². The summed E-state index contributed by atoms with van der Waals surface area (Å²) < 4.78 is 0. The Balaban J connectivity index is 1.03. The van der Waals surface area contributed by atoms with Gasteiger partial charge in [0.2, 0.25) is 0 Å². The number of nitrogens with zero attached hydrogens (tertiary/aromatic N) is 5. The summed E-state index contributed by atoms with van der Waals surface area (Å²) in [5.74, 6) is 1.88. The van der Waals surface area contributed by atoms with E-state index in [9.17, 15) is 0 Å². The maximum Gasteiger partial charge on any atom is 0.161 e. The molecule has 0 saturated carbocycles. The summed E-state index contributed by atoms with van der Waals surface area (Å²) in [6.45, 7) is 14.2. The fourth-order valence-corrected chi connectivity index (χ4v) is 7.03. The molecule has 2 aromatic carbocycles. The molecule has 0 aliphatic carbocycles. The van der Waals surface area contributed by atoms with E-state index < -0.39 is 0 Å². The Hall–Kier alpha value is -2.66. The summed E-state index contributed by atoms with van der Waals surface area (Å²) in [5.41, 5.74) is 7.01. The number of nitrogens with one attached hydrogen (secondary N) is 3. The molecular weight excluding hydrogens is 552 g/mol. The van der Waals surface area contributed by atoms with Crippen LogP contribution in [0, 0.1) is 0 Å². The fourth-order valence-electron chi connectivity index (χ4n) is 6.01. The van der Waals surface area contributed by atoms with Crippen LogP contribution in [0.4, 0.5) is 0 Å². The van der Waals surface area contributed by atoms with E-state index in [0.717, 1.165) is 117 Å². The smallest absolute Gasteiger partial charge is 0.161 e. The van der Waals surface area contributed by atoms with E-state index in [1.165, 1.54) is 37.2 Å². The van der Waals surface area contributed by atoms with Crippen molar-refractivity contribution in [1.82, 2.24) is 35.7 Å². The van der Waals surface area contributed by atoms with Crippen LogP contribution >= 0.6 is 11.8 Å². The molecule has 0 radical (unpaired) electrons. The number of aliphatic imine (C=N–C) groups is 1. The molecule has 3 N–H and O–H groups in total. The Morgan fingerprint density at radius 1 is 0.814 bits per heavy atom. The van der Waals surface area contributed by atoms with Crippen molar-refractivity contribution in [3.63, 3.8) is 0 Å². The van der Waals surface area contributed by atoms with Crippen molar-refractivity contribution in [3.05, 3.63) is 65.2 Å². The normalized spacial score (nSPS) is 18.0. The van der Waals surface area contributed by atoms with E-state index in [0.29, 0.717) is 0 Å². The Morgan fingerprint density at radius 2 is 1.49 bits per heavy atom. The van der Waals surface area contributed by atoms with E-state index in [1.54, 1.807) is 0 Å². The summed E-state index contributed by atoms with van der Waals surface area (Å²) in [6.07, 6.45) is 5.32. The molecule has 1 aromatic heterocycles. The second-order valence-electron chi connectivity index (χ2n) is 11.7. The van der Waals surface area contributed by atoms with Crippen LogP contribution < -0.4 is 16.0 Å². The zero-order valence-electron chi connectivity index (χ0n) is 25.4. The van der Waals surface area contributed by atoms with Gasteiger partial charge < -0.3 is 25.8 Å². The van der Waals surface area contributed by atoms with Crippen LogP contribution in [0.3, 0.4) is 0 Å². The van der Waals surface area contributed by atoms with E-state index >= 15 is 0 Å². The highest BCUT2D eigenvalue weighted by atomic mass is 32.2. The van der Waals surface area contributed by atoms with E-state index in [4.69, 9.17) is 9.97 Å². The van der Waals surface area contributed by atoms with Crippen molar-refractivity contribution < 1.29 is 0 Å². The van der Waals surface area contributed by atoms with E-state index in [1.807, 2.05) is 18.0 Å². The molecular formula is C34H46N8S. The van der Waals surface area contributed by atoms with Gasteiger partial charge in [-0.3, -0.25) is 4.99 Å². The van der Waals surface area contributed by atoms with Gasteiger partial charge in [-0.05, 0) is 50.0 Å². The number of hydrogen-bond donors (Lipinski definition) is 3. The molecule has 0 amide bonds. The first-order valence-electron chi connectivity index (χ1n) is 16.1. The lowest BCUT2D eigenvalue weighted by Crippen LogP contribution is -2.44. The highest BCUT2D eigenvalue weighted by Crippen LogP contribution is 2.37. The van der Waals surface area contributed by atoms with Gasteiger partial charge in [0, 0.05) is 94.1 Å². The largest absolute Gasteiger partial charge is 0.314 e. The molecule has 8 nitrogen and oxygen atoms in total. The van der Waals surface area contributed by atoms with Gasteiger partial charge >= 0.3 is 0 Å². The fraction of sp³-hybridized carbons (Fsp3) is 0.500. The molecule has 2 fully saturated rings. The Kier molecular flexibility index (Phi) is 11.2. The van der Waals surface area contributed by atoms with Crippen molar-refractivity contribution in [2.75, 3.05) is 84.3 Å². The first-order valence-corrected chi connectivity index (χ1v) is 17.1. The van der Waals surface area contributed by atoms with Crippen LogP contribution in [0.1, 0.15) is 29.5 Å². The predicted octanol–water partition coefficient (Wildman–Crippen LogP) is 3.56. The van der Waals surface area contributed by atoms with Gasteiger partial charge in [-0.2, -0.15) is 0 Å². The highest BCUT2D eigenvalue weighted by Gasteiger charge is 2.21. The van der Waals surface area contributed by atoms with Gasteiger partial charge in [0.1, 0.15) is 5.03 Å². The van der Waals surface area contributed by atoms with Crippen molar-refractivity contribution >= 4 is 18.0 Å². The minimum Gasteiger partial charge on any atom is -0.314 e. The molecule has 0 spiro atoms. The average Bonchev–Trinajstić information content (AvgIpc) is 3.55. The van der Waals surface area contributed by atoms with E-state index in [2.05, 4.69) is 79.3 Å². The minimum atomic E-state index is 0.814. The summed E-state index contributed by atoms with van der Waals surface area (Å²) >= 11 is 1.85. The van der Waals surface area contributed by atoms with Crippen LogP contribution in [-0.2, 0) is 13.0 Å². The van der Waals surface area contributed by atoms with Crippen molar-refractivity contribution in [3.8, 4) is 22.6 Å². The van der Waals surface area contributed by atoms with Crippen LogP contribution in [0.2, 0.25) is 0 Å². The molecule has 3 aliphatic rings. The SMILES string of the molecule is C(=NCCCN1CCNCC1)c1ccc(-c2nc(-c3ccc(CNCCCN4CCNCC4)cc3)nc3c2CCS3)cc1. The third-order valence-electron chi connectivity index (χ3n) is 8.53. The topological polar surface area (TPSA) is 80.7 Å². The Morgan fingerprint density at radius 3 is 2.21 bits per heavy atom. The third kappa shape index (κ3) is 8.71. The molecule has 4 heterocycles. The molecule has 6 rings (SSSR count). The quantitative estimate of drug-likeness (QED) is 0.157. The monoisotopic (exact) mass is 598 g/mol. The molecule has 0 atom stereocenters. The first-order chi connectivity index (χ1) is 21.3. The van der Waals surface area contributed by atoms with Gasteiger partial charge in [0.15, 0.2) is 5.82 Å². The Labute approximate surface area is 261 Å². The second kappa shape index (κ2) is 15.9. The number of thioether (sulfide) groups is 1. The van der Waals surface area contributed by atoms with Gasteiger partial charge in [0.25, 0.3) is 0 Å². The summed E-state index contributed by atoms with van der Waals surface area (Å²) in [4.78, 5) is 19.9. The molecule has 43 heavy (non-hydrogen) atoms. The minimum absolute atomic E-state index is 0.814. The van der Waals surface area contributed by atoms with Crippen molar-refractivity contribution in [2.24, 2.45) is 4.99 Å². The van der Waals surface area contributed by atoms with Crippen LogP contribution in [0.25, 0.3) is 22.6 Å². The summed E-state index contributed by atoms with van der Waals surface area (Å²) in [5, 5.41) is 11.6. The maximum absolute atomic E-state index is 5.11. The predicted molar refractivity (Wildman–Crippen MR) is 179 cm³/mol. The van der Waals surface area contributed by atoms with Crippen LogP contribution in [0.5, 0.6) is 0 Å². The lowest BCUT2D eigenvalue weighted by Gasteiger charge is -2.27. The number of rotatable bonds is 13. The number of fused-ring (bicyclic) bond motifs is 1. The number of aromatic nitrogens is 2. The van der Waals surface area contributed by atoms with Gasteiger partial charge in [-0.15, -0.1) is 11.8 Å². The highest BCUT2D eigenvalue weighted by molar-refractivity contribution is 7.99. The summed E-state index contributed by atoms with van der Waals surface area (Å²) in [7, 11) is 0. The molecule has 228 valence electrons. The molecule has 0 unspecified atom stereocenters. The number of benzene rings is 2. The third-order valence-corrected chi connectivity index (χ3v) is 9.55. The van der Waals surface area contributed by atoms with Gasteiger partial charge in [0.05, 0.1) is 5.69 Å². The number of piperazine rings is 2. The van der Waals surface area contributed by atoms with Crippen LogP contribution in [0.15, 0.2) is 58.5 Å². The van der Waals surface area contributed by atoms with Gasteiger partial charge in [-0.1, -0.05) is 48.5 Å². The maximum atomic E-state index is 5.11. The van der Waals surface area contributed by atoms with Crippen LogP contribution in [-0.4, -0.2) is 110 Å². The molecule has 3 aliphatic heterocycles. The van der Waals surface area contributed by atoms with E-state index in [-0.39, 0.29) is 0 Å². The molecule has 2 saturated heterocycles.